The van der Waals surface area contributed by atoms with E-state index in [-0.39, 0.29) is 6.10 Å². The van der Waals surface area contributed by atoms with Gasteiger partial charge in [0.25, 0.3) is 0 Å². The van der Waals surface area contributed by atoms with E-state index in [0.29, 0.717) is 24.5 Å². The molecule has 0 saturated carbocycles. The van der Waals surface area contributed by atoms with Crippen LogP contribution in [0.5, 0.6) is 0 Å². The minimum Gasteiger partial charge on any atom is -0.465 e. The summed E-state index contributed by atoms with van der Waals surface area (Å²) in [7, 11) is 0. The maximum atomic E-state index is 11.9. The molecule has 1 aromatic rings. The van der Waals surface area contributed by atoms with E-state index in [1.165, 1.54) is 38.5 Å². The number of rotatable bonds is 15. The predicted octanol–water partition coefficient (Wildman–Crippen LogP) is 6.17. The number of amides is 1. The zero-order chi connectivity index (χ0) is 18.2. The summed E-state index contributed by atoms with van der Waals surface area (Å²) in [6, 6.07) is 3.67. The molecule has 0 saturated heterocycles. The third-order valence-electron chi connectivity index (χ3n) is 4.11. The number of ether oxygens (including phenoxy) is 1. The lowest BCUT2D eigenvalue weighted by Gasteiger charge is -2.16. The molecule has 144 valence electrons. The molecule has 1 amide bonds. The van der Waals surface area contributed by atoms with E-state index < -0.39 is 6.09 Å². The number of nitrogens with one attached hydrogen (secondary N) is 1. The molecule has 1 heterocycles. The van der Waals surface area contributed by atoms with Gasteiger partial charge in [-0.3, -0.25) is 0 Å². The highest BCUT2D eigenvalue weighted by molar-refractivity contribution is 7.93. The molecule has 0 aliphatic heterocycles. The molecule has 1 aromatic heterocycles. The number of unbranched alkanes of at least 4 members (excludes halogenated alkanes) is 7. The predicted molar refractivity (Wildman–Crippen MR) is 103 cm³/mol. The largest absolute Gasteiger partial charge is 0.465 e. The molecule has 6 heteroatoms. The third kappa shape index (κ3) is 11.2. The van der Waals surface area contributed by atoms with Crippen LogP contribution in [0.3, 0.4) is 0 Å². The van der Waals surface area contributed by atoms with Gasteiger partial charge in [-0.15, -0.1) is 0 Å². The van der Waals surface area contributed by atoms with Gasteiger partial charge in [0.2, 0.25) is 0 Å². The van der Waals surface area contributed by atoms with E-state index in [1.54, 1.807) is 6.26 Å². The fourth-order valence-corrected chi connectivity index (χ4v) is 2.97. The molecule has 0 bridgehead atoms. The van der Waals surface area contributed by atoms with Gasteiger partial charge in [0.15, 0.2) is 6.10 Å². The van der Waals surface area contributed by atoms with Crippen LogP contribution in [0.2, 0.25) is 0 Å². The smallest absolute Gasteiger partial charge is 0.407 e. The molecule has 1 rings (SSSR count). The minimum atomic E-state index is -0.427. The van der Waals surface area contributed by atoms with Crippen molar-refractivity contribution in [3.05, 3.63) is 24.2 Å². The summed E-state index contributed by atoms with van der Waals surface area (Å²) in [5.41, 5.74) is 0. The molecule has 2 N–H and O–H groups in total. The van der Waals surface area contributed by atoms with E-state index in [2.05, 4.69) is 12.2 Å². The van der Waals surface area contributed by atoms with E-state index >= 15 is 0 Å². The highest BCUT2D eigenvalue weighted by Gasteiger charge is 2.18. The van der Waals surface area contributed by atoms with E-state index in [4.69, 9.17) is 13.7 Å². The van der Waals surface area contributed by atoms with Gasteiger partial charge in [0.05, 0.1) is 6.26 Å². The van der Waals surface area contributed by atoms with Crippen molar-refractivity contribution in [2.75, 3.05) is 12.3 Å². The molecule has 0 spiro atoms. The van der Waals surface area contributed by atoms with Crippen LogP contribution in [0, 0.1) is 0 Å². The van der Waals surface area contributed by atoms with Gasteiger partial charge in [-0.2, -0.15) is 0 Å². The Hall–Kier alpha value is -1.14. The normalized spacial score (nSPS) is 12.1. The van der Waals surface area contributed by atoms with Crippen LogP contribution in [-0.4, -0.2) is 22.9 Å². The molecule has 1 atom stereocenters. The Morgan fingerprint density at radius 3 is 2.56 bits per heavy atom. The van der Waals surface area contributed by atoms with Crippen LogP contribution in [-0.2, 0) is 4.74 Å². The number of carbonyl (C=O) groups excluding carboxylic acids is 1. The standard InChI is InChI=1S/C19H33NO4S/c1-2-3-4-5-6-7-8-9-12-18(17-13-10-15-23-17)24-19(21)20-14-11-16-25-22/h10,13,15,18,22H,2-9,11-12,14,16H2,1H3,(H,20,21). The van der Waals surface area contributed by atoms with Crippen molar-refractivity contribution in [2.24, 2.45) is 0 Å². The second-order valence-corrected chi connectivity index (χ2v) is 6.95. The fourth-order valence-electron chi connectivity index (χ4n) is 2.70. The van der Waals surface area contributed by atoms with Crippen molar-refractivity contribution in [3.63, 3.8) is 0 Å². The molecule has 5 nitrogen and oxygen atoms in total. The maximum Gasteiger partial charge on any atom is 0.407 e. The van der Waals surface area contributed by atoms with Crippen LogP contribution >= 0.6 is 12.0 Å². The van der Waals surface area contributed by atoms with Crippen molar-refractivity contribution in [1.29, 1.82) is 0 Å². The first-order valence-corrected chi connectivity index (χ1v) is 10.5. The zero-order valence-corrected chi connectivity index (χ0v) is 16.2. The third-order valence-corrected chi connectivity index (χ3v) is 4.58. The lowest BCUT2D eigenvalue weighted by Crippen LogP contribution is -2.27. The lowest BCUT2D eigenvalue weighted by atomic mass is 10.0. The fraction of sp³-hybridized carbons (Fsp3) is 0.737. The van der Waals surface area contributed by atoms with Crippen molar-refractivity contribution in [2.45, 2.75) is 77.2 Å². The summed E-state index contributed by atoms with van der Waals surface area (Å²) in [6.07, 6.45) is 12.3. The molecular formula is C19H33NO4S. The van der Waals surface area contributed by atoms with Crippen LogP contribution < -0.4 is 5.32 Å². The van der Waals surface area contributed by atoms with Crippen molar-refractivity contribution < 1.29 is 18.5 Å². The highest BCUT2D eigenvalue weighted by atomic mass is 32.2. The Labute approximate surface area is 156 Å². The van der Waals surface area contributed by atoms with E-state index in [1.807, 2.05) is 12.1 Å². The molecule has 0 fully saturated rings. The Morgan fingerprint density at radius 1 is 1.20 bits per heavy atom. The molecule has 0 aromatic carbocycles. The van der Waals surface area contributed by atoms with Crippen LogP contribution in [0.25, 0.3) is 0 Å². The minimum absolute atomic E-state index is 0.331. The molecule has 1 unspecified atom stereocenters. The monoisotopic (exact) mass is 371 g/mol. The summed E-state index contributed by atoms with van der Waals surface area (Å²) in [5, 5.41) is 2.71. The van der Waals surface area contributed by atoms with Crippen molar-refractivity contribution in [1.82, 2.24) is 5.32 Å². The van der Waals surface area contributed by atoms with Gasteiger partial charge < -0.3 is 19.0 Å². The molecule has 0 radical (unpaired) electrons. The maximum absolute atomic E-state index is 11.9. The molecule has 0 aliphatic rings. The molecule has 0 aliphatic carbocycles. The quantitative estimate of drug-likeness (QED) is 0.285. The van der Waals surface area contributed by atoms with Gasteiger partial charge in [-0.25, -0.2) is 4.79 Å². The first-order chi connectivity index (χ1) is 12.3. The number of carbonyl (C=O) groups is 1. The van der Waals surface area contributed by atoms with Crippen LogP contribution in [0.1, 0.15) is 83.0 Å². The second-order valence-electron chi connectivity index (χ2n) is 6.29. The summed E-state index contributed by atoms with van der Waals surface area (Å²) in [5.74, 6) is 1.30. The Kier molecular flexibility index (Phi) is 13.3. The Balaban J connectivity index is 2.24. The first-order valence-electron chi connectivity index (χ1n) is 9.52. The van der Waals surface area contributed by atoms with Gasteiger partial charge in [-0.05, 0) is 43.4 Å². The van der Waals surface area contributed by atoms with Gasteiger partial charge >= 0.3 is 6.09 Å². The number of alkyl carbamates (subject to hydrolysis) is 1. The number of furan rings is 1. The van der Waals surface area contributed by atoms with Crippen LogP contribution in [0.4, 0.5) is 4.79 Å². The average Bonchev–Trinajstić information content (AvgIpc) is 3.14. The molecule has 25 heavy (non-hydrogen) atoms. The van der Waals surface area contributed by atoms with Gasteiger partial charge in [-0.1, -0.05) is 51.9 Å². The number of hydrogen-bond acceptors (Lipinski definition) is 5. The van der Waals surface area contributed by atoms with E-state index in [9.17, 15) is 4.79 Å². The SMILES string of the molecule is CCCCCCCCCCC(OC(=O)NCCCSO)c1ccco1. The van der Waals surface area contributed by atoms with Gasteiger partial charge in [0, 0.05) is 12.3 Å². The van der Waals surface area contributed by atoms with Crippen molar-refractivity contribution >= 4 is 18.1 Å². The van der Waals surface area contributed by atoms with E-state index in [0.717, 1.165) is 31.3 Å². The summed E-state index contributed by atoms with van der Waals surface area (Å²) in [6.45, 7) is 2.73. The van der Waals surface area contributed by atoms with Crippen molar-refractivity contribution in [3.8, 4) is 0 Å². The second kappa shape index (κ2) is 15.1. The summed E-state index contributed by atoms with van der Waals surface area (Å²) in [4.78, 5) is 11.9. The number of hydrogen-bond donors (Lipinski definition) is 2. The Morgan fingerprint density at radius 2 is 1.92 bits per heavy atom. The van der Waals surface area contributed by atoms with Crippen LogP contribution in [0.15, 0.2) is 22.8 Å². The summed E-state index contributed by atoms with van der Waals surface area (Å²) >= 11 is 0.780. The first kappa shape index (κ1) is 21.9. The summed E-state index contributed by atoms with van der Waals surface area (Å²) < 4.78 is 19.6. The highest BCUT2D eigenvalue weighted by Crippen LogP contribution is 2.25. The topological polar surface area (TPSA) is 71.7 Å². The molecular weight excluding hydrogens is 338 g/mol. The zero-order valence-electron chi connectivity index (χ0n) is 15.4. The Bertz CT molecular complexity index is 425. The average molecular weight is 372 g/mol. The van der Waals surface area contributed by atoms with Gasteiger partial charge in [0.1, 0.15) is 5.76 Å². The lowest BCUT2D eigenvalue weighted by molar-refractivity contribution is 0.0778.